The molecule has 0 unspecified atom stereocenters. The predicted octanol–water partition coefficient (Wildman–Crippen LogP) is 2.09. The number of methoxy groups -OCH3 is 1. The van der Waals surface area contributed by atoms with Crippen molar-refractivity contribution in [3.8, 4) is 5.88 Å². The second-order valence-corrected chi connectivity index (χ2v) is 9.99. The van der Waals surface area contributed by atoms with Crippen molar-refractivity contribution in [2.75, 3.05) is 25.2 Å². The molecule has 5 rings (SSSR count). The molecule has 9 nitrogen and oxygen atoms in total. The van der Waals surface area contributed by atoms with Crippen molar-refractivity contribution in [1.29, 1.82) is 0 Å². The zero-order valence-corrected chi connectivity index (χ0v) is 17.5. The maximum Gasteiger partial charge on any atom is 0.237 e. The number of aromatic nitrogens is 3. The van der Waals surface area contributed by atoms with Crippen molar-refractivity contribution in [2.24, 2.45) is 4.99 Å². The molecule has 0 fully saturated rings. The summed E-state index contributed by atoms with van der Waals surface area (Å²) in [5.74, 6) is 1.14. The molecule has 0 spiro atoms. The van der Waals surface area contributed by atoms with E-state index >= 15 is 0 Å². The summed E-state index contributed by atoms with van der Waals surface area (Å²) in [5.41, 5.74) is 3.64. The topological polar surface area (TPSA) is 110 Å². The van der Waals surface area contributed by atoms with Crippen LogP contribution in [0.5, 0.6) is 5.88 Å². The minimum atomic E-state index is -3.23. The molecule has 0 atom stereocenters. The van der Waals surface area contributed by atoms with E-state index in [1.54, 1.807) is 13.3 Å². The number of hydrogen-bond acceptors (Lipinski definition) is 9. The molecule has 0 saturated heterocycles. The lowest BCUT2D eigenvalue weighted by atomic mass is 10.1. The summed E-state index contributed by atoms with van der Waals surface area (Å²) < 4.78 is 30.8. The van der Waals surface area contributed by atoms with Crippen LogP contribution in [0.1, 0.15) is 21.7 Å². The van der Waals surface area contributed by atoms with Crippen LogP contribution in [0.2, 0.25) is 0 Å². The van der Waals surface area contributed by atoms with E-state index in [0.717, 1.165) is 31.9 Å². The fraction of sp³-hybridized carbons (Fsp3) is 0.333. The fourth-order valence-corrected chi connectivity index (χ4v) is 5.74. The van der Waals surface area contributed by atoms with Crippen molar-refractivity contribution in [2.45, 2.75) is 19.5 Å². The molecule has 1 N–H and O–H groups in total. The number of hydrogen-bond donors (Lipinski definition) is 1. The van der Waals surface area contributed by atoms with E-state index in [2.05, 4.69) is 25.3 Å². The SMILES string of the molecule is COc1nc2c(cc1Nc1ncnc3sc4c(c13)CCN(S(C)(=O)=O)C4)C=NC2. The molecule has 2 aliphatic heterocycles. The summed E-state index contributed by atoms with van der Waals surface area (Å²) >= 11 is 1.51. The minimum Gasteiger partial charge on any atom is -0.480 e. The normalized spacial score (nSPS) is 16.1. The van der Waals surface area contributed by atoms with Gasteiger partial charge in [0, 0.05) is 29.7 Å². The summed E-state index contributed by atoms with van der Waals surface area (Å²) in [6.07, 6.45) is 5.18. The van der Waals surface area contributed by atoms with Gasteiger partial charge in [0.15, 0.2) is 0 Å². The smallest absolute Gasteiger partial charge is 0.237 e. The highest BCUT2D eigenvalue weighted by molar-refractivity contribution is 7.88. The highest BCUT2D eigenvalue weighted by atomic mass is 32.2. The Morgan fingerprint density at radius 3 is 2.97 bits per heavy atom. The van der Waals surface area contributed by atoms with E-state index in [4.69, 9.17) is 4.74 Å². The van der Waals surface area contributed by atoms with Gasteiger partial charge in [0.25, 0.3) is 0 Å². The van der Waals surface area contributed by atoms with Crippen molar-refractivity contribution in [3.05, 3.63) is 34.1 Å². The van der Waals surface area contributed by atoms with Gasteiger partial charge >= 0.3 is 0 Å². The number of rotatable bonds is 4. The molecular weight excluding hydrogens is 412 g/mol. The maximum absolute atomic E-state index is 11.9. The van der Waals surface area contributed by atoms with Crippen molar-refractivity contribution < 1.29 is 13.2 Å². The first-order valence-electron chi connectivity index (χ1n) is 8.99. The molecule has 0 amide bonds. The van der Waals surface area contributed by atoms with Gasteiger partial charge in [-0.1, -0.05) is 0 Å². The molecule has 0 saturated carbocycles. The quantitative estimate of drug-likeness (QED) is 0.675. The Hall–Kier alpha value is -2.63. The van der Waals surface area contributed by atoms with Crippen molar-refractivity contribution >= 4 is 49.3 Å². The number of sulfonamides is 1. The number of nitrogens with zero attached hydrogens (tertiary/aromatic N) is 5. The first-order chi connectivity index (χ1) is 13.9. The molecule has 2 aliphatic rings. The van der Waals surface area contributed by atoms with Crippen LogP contribution in [-0.2, 0) is 29.5 Å². The largest absolute Gasteiger partial charge is 0.480 e. The first kappa shape index (κ1) is 18.4. The van der Waals surface area contributed by atoms with Gasteiger partial charge in [0.1, 0.15) is 22.7 Å². The molecule has 3 aromatic heterocycles. The standard InChI is InChI=1S/C18H18N6O3S2/c1-27-17-12(5-10-6-19-7-13(10)23-17)22-16-15-11-3-4-24(29(2,25)26)8-14(11)28-18(15)21-9-20-16/h5-6,9H,3-4,7-8H2,1-2H3,(H,20,21,22). The first-order valence-corrected chi connectivity index (χ1v) is 11.7. The third-order valence-electron chi connectivity index (χ3n) is 5.09. The lowest BCUT2D eigenvalue weighted by Crippen LogP contribution is -2.34. The van der Waals surface area contributed by atoms with Gasteiger partial charge in [0.05, 0.1) is 31.0 Å². The third-order valence-corrected chi connectivity index (χ3v) is 7.46. The molecule has 3 aromatic rings. The van der Waals surface area contributed by atoms with Crippen LogP contribution in [-0.4, -0.2) is 53.8 Å². The summed E-state index contributed by atoms with van der Waals surface area (Å²) in [6.45, 7) is 1.37. The van der Waals surface area contributed by atoms with Crippen LogP contribution in [0.3, 0.4) is 0 Å². The number of anilines is 2. The van der Waals surface area contributed by atoms with Gasteiger partial charge in [0.2, 0.25) is 15.9 Å². The Morgan fingerprint density at radius 1 is 1.31 bits per heavy atom. The molecule has 5 heterocycles. The van der Waals surface area contributed by atoms with E-state index in [1.165, 1.54) is 28.2 Å². The Labute approximate surface area is 171 Å². The molecular formula is C18H18N6O3S2. The molecule has 0 aromatic carbocycles. The van der Waals surface area contributed by atoms with Gasteiger partial charge in [-0.15, -0.1) is 11.3 Å². The van der Waals surface area contributed by atoms with Crippen molar-refractivity contribution in [3.63, 3.8) is 0 Å². The second kappa shape index (κ2) is 6.71. The summed E-state index contributed by atoms with van der Waals surface area (Å²) in [6, 6.07) is 1.95. The highest BCUT2D eigenvalue weighted by Crippen LogP contribution is 2.39. The van der Waals surface area contributed by atoms with Crippen LogP contribution in [0.4, 0.5) is 11.5 Å². The van der Waals surface area contributed by atoms with E-state index in [9.17, 15) is 8.42 Å². The van der Waals surface area contributed by atoms with Gasteiger partial charge in [-0.25, -0.2) is 23.4 Å². The van der Waals surface area contributed by atoms with E-state index in [0.29, 0.717) is 43.4 Å². The van der Waals surface area contributed by atoms with Gasteiger partial charge in [-0.05, 0) is 18.1 Å². The number of pyridine rings is 1. The van der Waals surface area contributed by atoms with Crippen LogP contribution >= 0.6 is 11.3 Å². The lowest BCUT2D eigenvalue weighted by Gasteiger charge is -2.24. The number of fused-ring (bicyclic) bond motifs is 4. The number of aliphatic imine (C=N–C) groups is 1. The third kappa shape index (κ3) is 3.15. The van der Waals surface area contributed by atoms with Crippen LogP contribution in [0.15, 0.2) is 17.4 Å². The Balaban J connectivity index is 1.58. The monoisotopic (exact) mass is 430 g/mol. The zero-order chi connectivity index (χ0) is 20.2. The molecule has 11 heteroatoms. The van der Waals surface area contributed by atoms with E-state index in [1.807, 2.05) is 6.07 Å². The van der Waals surface area contributed by atoms with Crippen LogP contribution in [0, 0.1) is 0 Å². The Bertz CT molecular complexity index is 1270. The maximum atomic E-state index is 11.9. The fourth-order valence-electron chi connectivity index (χ4n) is 3.67. The number of thiophene rings is 1. The summed E-state index contributed by atoms with van der Waals surface area (Å²) in [7, 11) is -1.65. The average molecular weight is 431 g/mol. The molecule has 0 bridgehead atoms. The van der Waals surface area contributed by atoms with E-state index in [-0.39, 0.29) is 0 Å². The van der Waals surface area contributed by atoms with E-state index < -0.39 is 10.0 Å². The predicted molar refractivity (Wildman–Crippen MR) is 112 cm³/mol. The number of nitrogens with one attached hydrogen (secondary N) is 1. The van der Waals surface area contributed by atoms with Gasteiger partial charge in [-0.3, -0.25) is 4.99 Å². The molecule has 150 valence electrons. The number of ether oxygens (including phenoxy) is 1. The Morgan fingerprint density at radius 2 is 2.17 bits per heavy atom. The van der Waals surface area contributed by atoms with Gasteiger partial charge in [-0.2, -0.15) is 4.31 Å². The lowest BCUT2D eigenvalue weighted by molar-refractivity contribution is 0.398. The Kier molecular flexibility index (Phi) is 4.26. The van der Waals surface area contributed by atoms with Crippen LogP contribution in [0.25, 0.3) is 10.2 Å². The summed E-state index contributed by atoms with van der Waals surface area (Å²) in [4.78, 5) is 19.5. The highest BCUT2D eigenvalue weighted by Gasteiger charge is 2.28. The van der Waals surface area contributed by atoms with Crippen molar-refractivity contribution in [1.82, 2.24) is 19.3 Å². The minimum absolute atomic E-state index is 0.370. The average Bonchev–Trinajstić information content (AvgIpc) is 3.30. The van der Waals surface area contributed by atoms with Crippen LogP contribution < -0.4 is 10.1 Å². The molecule has 29 heavy (non-hydrogen) atoms. The molecule has 0 aliphatic carbocycles. The summed E-state index contributed by atoms with van der Waals surface area (Å²) in [5, 5.41) is 4.28. The second-order valence-electron chi connectivity index (χ2n) is 6.93. The zero-order valence-electron chi connectivity index (χ0n) is 15.8. The van der Waals surface area contributed by atoms with Gasteiger partial charge < -0.3 is 10.1 Å². The molecule has 0 radical (unpaired) electrons.